The van der Waals surface area contributed by atoms with Gasteiger partial charge in [-0.05, 0) is 92.3 Å². The zero-order chi connectivity index (χ0) is 17.6. The molecule has 0 heterocycles. The van der Waals surface area contributed by atoms with Gasteiger partial charge in [-0.2, -0.15) is 0 Å². The number of fused-ring (bicyclic) bond motifs is 2. The first kappa shape index (κ1) is 15.8. The van der Waals surface area contributed by atoms with Crippen LogP contribution in [-0.4, -0.2) is 11.6 Å². The Labute approximate surface area is 150 Å². The molecule has 132 valence electrons. The molecule has 25 heavy (non-hydrogen) atoms. The molecule has 0 N–H and O–H groups in total. The van der Waals surface area contributed by atoms with Gasteiger partial charge in [0.15, 0.2) is 5.78 Å². The van der Waals surface area contributed by atoms with Crippen molar-refractivity contribution in [2.45, 2.75) is 71.6 Å². The van der Waals surface area contributed by atoms with Gasteiger partial charge in [0.2, 0.25) is 0 Å². The summed E-state index contributed by atoms with van der Waals surface area (Å²) in [4.78, 5) is 24.6. The third-order valence-electron chi connectivity index (χ3n) is 9.14. The summed E-state index contributed by atoms with van der Waals surface area (Å²) in [5.74, 6) is 1.27. The molecule has 0 aromatic rings. The number of hydrogen-bond acceptors (Lipinski definition) is 2. The molecule has 5 aliphatic rings. The summed E-state index contributed by atoms with van der Waals surface area (Å²) in [6.07, 6.45) is 11.2. The van der Waals surface area contributed by atoms with E-state index in [9.17, 15) is 9.59 Å². The van der Waals surface area contributed by atoms with E-state index in [2.05, 4.69) is 13.5 Å². The Bertz CT molecular complexity index is 797. The van der Waals surface area contributed by atoms with E-state index < -0.39 is 0 Å². The maximum Gasteiger partial charge on any atom is 0.156 e. The van der Waals surface area contributed by atoms with Crippen molar-refractivity contribution in [3.05, 3.63) is 34.9 Å². The second kappa shape index (κ2) is 4.64. The van der Waals surface area contributed by atoms with Crippen LogP contribution in [0.2, 0.25) is 0 Å². The lowest BCUT2D eigenvalue weighted by molar-refractivity contribution is -0.131. The van der Waals surface area contributed by atoms with Crippen molar-refractivity contribution in [3.63, 3.8) is 0 Å². The summed E-state index contributed by atoms with van der Waals surface area (Å²) >= 11 is 0. The van der Waals surface area contributed by atoms with E-state index >= 15 is 0 Å². The van der Waals surface area contributed by atoms with Crippen LogP contribution in [0.5, 0.6) is 0 Å². The Kier molecular flexibility index (Phi) is 2.93. The van der Waals surface area contributed by atoms with Gasteiger partial charge in [0, 0.05) is 6.42 Å². The standard InChI is InChI=1S/C23H28O2/c1-14-13-22-10-11-23(14,15(2)24)21(22,3)9-8-19-18-6-5-17(25)12-16(18)4-7-20(19)22/h12,20H,1,4-11,13H2,2-3H3/t20-,21+,22?,23-/m1/s1. The topological polar surface area (TPSA) is 34.1 Å². The van der Waals surface area contributed by atoms with Crippen LogP contribution in [0, 0.1) is 22.2 Å². The van der Waals surface area contributed by atoms with Gasteiger partial charge in [-0.25, -0.2) is 0 Å². The molecular weight excluding hydrogens is 308 g/mol. The lowest BCUT2D eigenvalue weighted by Crippen LogP contribution is -2.49. The molecule has 2 nitrogen and oxygen atoms in total. The molecule has 0 aliphatic heterocycles. The number of carbonyl (C=O) groups is 2. The third kappa shape index (κ3) is 1.55. The molecule has 4 atom stereocenters. The van der Waals surface area contributed by atoms with Crippen LogP contribution in [0.25, 0.3) is 0 Å². The van der Waals surface area contributed by atoms with E-state index in [1.165, 1.54) is 23.1 Å². The van der Waals surface area contributed by atoms with E-state index in [4.69, 9.17) is 0 Å². The van der Waals surface area contributed by atoms with E-state index in [0.717, 1.165) is 44.9 Å². The number of ketones is 2. The van der Waals surface area contributed by atoms with E-state index in [1.54, 1.807) is 12.5 Å². The minimum Gasteiger partial charge on any atom is -0.299 e. The first-order valence-electron chi connectivity index (χ1n) is 10.0. The number of Topliss-reactive ketones (excluding diaryl/α,β-unsaturated/α-hetero) is 1. The first-order valence-corrected chi connectivity index (χ1v) is 10.0. The molecule has 0 spiro atoms. The SMILES string of the molecule is C=C1CC23CC[C@@]1(C(C)=O)[C@@]2(C)CCC1=C2CCC(=O)C=C2CC[C@H]13. The summed E-state index contributed by atoms with van der Waals surface area (Å²) in [6.45, 7) is 8.65. The van der Waals surface area contributed by atoms with Gasteiger partial charge in [-0.15, -0.1) is 0 Å². The normalized spacial score (nSPS) is 45.0. The Hall–Kier alpha value is -1.44. The fourth-order valence-electron chi connectivity index (χ4n) is 8.08. The van der Waals surface area contributed by atoms with Crippen LogP contribution < -0.4 is 0 Å². The zero-order valence-electron chi connectivity index (χ0n) is 15.5. The summed E-state index contributed by atoms with van der Waals surface area (Å²) in [7, 11) is 0. The highest BCUT2D eigenvalue weighted by atomic mass is 16.1. The van der Waals surface area contributed by atoms with Crippen LogP contribution in [0.3, 0.4) is 0 Å². The summed E-state index contributed by atoms with van der Waals surface area (Å²) in [5, 5.41) is 0. The minimum absolute atomic E-state index is 0.0867. The molecule has 0 saturated heterocycles. The molecule has 0 aromatic carbocycles. The molecule has 5 aliphatic carbocycles. The van der Waals surface area contributed by atoms with Crippen LogP contribution in [0.15, 0.2) is 34.9 Å². The Morgan fingerprint density at radius 1 is 1.16 bits per heavy atom. The van der Waals surface area contributed by atoms with Crippen molar-refractivity contribution >= 4 is 11.6 Å². The minimum atomic E-state index is -0.262. The van der Waals surface area contributed by atoms with Crippen molar-refractivity contribution in [1.82, 2.24) is 0 Å². The Balaban J connectivity index is 1.68. The molecule has 0 aromatic heterocycles. The fourth-order valence-corrected chi connectivity index (χ4v) is 8.08. The smallest absolute Gasteiger partial charge is 0.156 e. The first-order chi connectivity index (χ1) is 11.9. The number of allylic oxidation sites excluding steroid dienone is 5. The Morgan fingerprint density at radius 3 is 2.68 bits per heavy atom. The maximum absolute atomic E-state index is 12.8. The van der Waals surface area contributed by atoms with Crippen LogP contribution in [-0.2, 0) is 9.59 Å². The largest absolute Gasteiger partial charge is 0.299 e. The quantitative estimate of drug-likeness (QED) is 0.624. The highest BCUT2D eigenvalue weighted by molar-refractivity contribution is 5.93. The van der Waals surface area contributed by atoms with Crippen molar-refractivity contribution in [2.75, 3.05) is 0 Å². The van der Waals surface area contributed by atoms with Gasteiger partial charge < -0.3 is 0 Å². The van der Waals surface area contributed by atoms with Gasteiger partial charge in [-0.1, -0.05) is 24.6 Å². The highest BCUT2D eigenvalue weighted by Gasteiger charge is 2.75. The summed E-state index contributed by atoms with van der Waals surface area (Å²) < 4.78 is 0. The monoisotopic (exact) mass is 336 g/mol. The highest BCUT2D eigenvalue weighted by Crippen LogP contribution is 2.81. The lowest BCUT2D eigenvalue weighted by Gasteiger charge is -2.55. The van der Waals surface area contributed by atoms with Crippen molar-refractivity contribution < 1.29 is 9.59 Å². The predicted molar refractivity (Wildman–Crippen MR) is 98.0 cm³/mol. The van der Waals surface area contributed by atoms with Gasteiger partial charge in [-0.3, -0.25) is 9.59 Å². The van der Waals surface area contributed by atoms with E-state index in [0.29, 0.717) is 23.9 Å². The number of hydrogen-bond donors (Lipinski definition) is 0. The molecule has 0 amide bonds. The van der Waals surface area contributed by atoms with E-state index in [-0.39, 0.29) is 16.2 Å². The molecule has 5 rings (SSSR count). The van der Waals surface area contributed by atoms with Gasteiger partial charge >= 0.3 is 0 Å². The maximum atomic E-state index is 12.8. The van der Waals surface area contributed by atoms with Crippen molar-refractivity contribution in [3.8, 4) is 0 Å². The average Bonchev–Trinajstić information content (AvgIpc) is 2.95. The number of carbonyl (C=O) groups excluding carboxylic acids is 2. The second-order valence-corrected chi connectivity index (χ2v) is 9.46. The molecule has 2 heteroatoms. The van der Waals surface area contributed by atoms with Crippen molar-refractivity contribution in [2.24, 2.45) is 22.2 Å². The van der Waals surface area contributed by atoms with Crippen LogP contribution in [0.1, 0.15) is 71.6 Å². The van der Waals surface area contributed by atoms with Crippen molar-refractivity contribution in [1.29, 1.82) is 0 Å². The van der Waals surface area contributed by atoms with Gasteiger partial charge in [0.25, 0.3) is 0 Å². The number of rotatable bonds is 1. The van der Waals surface area contributed by atoms with Gasteiger partial charge in [0.05, 0.1) is 5.41 Å². The molecular formula is C23H28O2. The molecule has 3 saturated carbocycles. The third-order valence-corrected chi connectivity index (χ3v) is 9.14. The average molecular weight is 336 g/mol. The molecule has 3 fully saturated rings. The molecule has 0 radical (unpaired) electrons. The van der Waals surface area contributed by atoms with Crippen LogP contribution >= 0.6 is 0 Å². The molecule has 1 unspecified atom stereocenters. The predicted octanol–water partition coefficient (Wildman–Crippen LogP) is 5.10. The second-order valence-electron chi connectivity index (χ2n) is 9.46. The zero-order valence-corrected chi connectivity index (χ0v) is 15.5. The lowest BCUT2D eigenvalue weighted by atomic mass is 9.48. The summed E-state index contributed by atoms with van der Waals surface area (Å²) in [6, 6.07) is 0. The Morgan fingerprint density at radius 2 is 1.96 bits per heavy atom. The van der Waals surface area contributed by atoms with Crippen LogP contribution in [0.4, 0.5) is 0 Å². The summed E-state index contributed by atoms with van der Waals surface area (Å²) in [5.41, 5.74) is 5.78. The van der Waals surface area contributed by atoms with Gasteiger partial charge in [0.1, 0.15) is 5.78 Å². The van der Waals surface area contributed by atoms with E-state index in [1.807, 2.05) is 6.08 Å². The molecule has 2 bridgehead atoms. The fraction of sp³-hybridized carbons (Fsp3) is 0.652.